The van der Waals surface area contributed by atoms with Crippen molar-refractivity contribution in [1.82, 2.24) is 4.98 Å². The molecule has 74 valence electrons. The second-order valence-corrected chi connectivity index (χ2v) is 4.27. The van der Waals surface area contributed by atoms with Crippen LogP contribution in [-0.2, 0) is 4.79 Å². The number of pyridine rings is 1. The second-order valence-electron chi connectivity index (χ2n) is 3.36. The van der Waals surface area contributed by atoms with Gasteiger partial charge in [0.25, 0.3) is 0 Å². The summed E-state index contributed by atoms with van der Waals surface area (Å²) in [5.41, 5.74) is 0. The number of carbonyl (C=O) groups is 1. The van der Waals surface area contributed by atoms with Crippen LogP contribution in [-0.4, -0.2) is 23.9 Å². The molecule has 0 N–H and O–H groups in total. The fourth-order valence-electron chi connectivity index (χ4n) is 1.55. The first kappa shape index (κ1) is 9.65. The lowest BCUT2D eigenvalue weighted by Crippen LogP contribution is -2.34. The minimum absolute atomic E-state index is 0.358. The summed E-state index contributed by atoms with van der Waals surface area (Å²) in [4.78, 5) is 17.5. The van der Waals surface area contributed by atoms with Crippen LogP contribution in [0.5, 0.6) is 0 Å². The standard InChI is InChI=1S/C10H11BrN2O/c11-8-1-4-12-10(7-8)13-5-2-9(14)3-6-13/h1,4,7H,2-3,5-6H2. The molecule has 0 amide bonds. The largest absolute Gasteiger partial charge is 0.356 e. The molecule has 0 atom stereocenters. The molecule has 0 unspecified atom stereocenters. The Kier molecular flexibility index (Phi) is 2.82. The normalized spacial score (nSPS) is 17.2. The van der Waals surface area contributed by atoms with E-state index in [2.05, 4.69) is 25.8 Å². The summed E-state index contributed by atoms with van der Waals surface area (Å²) in [5.74, 6) is 1.31. The summed E-state index contributed by atoms with van der Waals surface area (Å²) in [6, 6.07) is 3.88. The first-order valence-corrected chi connectivity index (χ1v) is 5.43. The highest BCUT2D eigenvalue weighted by molar-refractivity contribution is 9.10. The van der Waals surface area contributed by atoms with Crippen molar-refractivity contribution in [3.63, 3.8) is 0 Å². The van der Waals surface area contributed by atoms with Gasteiger partial charge in [0, 0.05) is 36.6 Å². The van der Waals surface area contributed by atoms with Gasteiger partial charge in [0.2, 0.25) is 0 Å². The second kappa shape index (κ2) is 4.09. The highest BCUT2D eigenvalue weighted by Crippen LogP contribution is 2.19. The van der Waals surface area contributed by atoms with Gasteiger partial charge in [-0.3, -0.25) is 4.79 Å². The van der Waals surface area contributed by atoms with Gasteiger partial charge in [-0.1, -0.05) is 15.9 Å². The van der Waals surface area contributed by atoms with E-state index in [1.807, 2.05) is 12.1 Å². The number of anilines is 1. The Labute approximate surface area is 91.3 Å². The first-order chi connectivity index (χ1) is 6.75. The van der Waals surface area contributed by atoms with E-state index in [0.29, 0.717) is 18.6 Å². The third-order valence-corrected chi connectivity index (χ3v) is 2.85. The Morgan fingerprint density at radius 1 is 1.36 bits per heavy atom. The lowest BCUT2D eigenvalue weighted by molar-refractivity contribution is -0.119. The van der Waals surface area contributed by atoms with Crippen molar-refractivity contribution in [2.24, 2.45) is 0 Å². The highest BCUT2D eigenvalue weighted by atomic mass is 79.9. The molecule has 1 saturated heterocycles. The monoisotopic (exact) mass is 254 g/mol. The number of rotatable bonds is 1. The van der Waals surface area contributed by atoms with Gasteiger partial charge >= 0.3 is 0 Å². The molecule has 0 radical (unpaired) electrons. The third-order valence-electron chi connectivity index (χ3n) is 2.35. The van der Waals surface area contributed by atoms with Gasteiger partial charge in [0.15, 0.2) is 0 Å². The molecule has 1 aliphatic rings. The molecule has 0 spiro atoms. The minimum atomic E-state index is 0.358. The Morgan fingerprint density at radius 3 is 2.71 bits per heavy atom. The van der Waals surface area contributed by atoms with Crippen LogP contribution in [0.15, 0.2) is 22.8 Å². The smallest absolute Gasteiger partial charge is 0.136 e. The Balaban J connectivity index is 2.12. The summed E-state index contributed by atoms with van der Waals surface area (Å²) in [6.45, 7) is 1.59. The maximum atomic E-state index is 11.1. The van der Waals surface area contributed by atoms with Crippen LogP contribution in [0, 0.1) is 0 Å². The van der Waals surface area contributed by atoms with Crippen LogP contribution in [0.25, 0.3) is 0 Å². The fraction of sp³-hybridized carbons (Fsp3) is 0.400. The van der Waals surface area contributed by atoms with Crippen molar-refractivity contribution in [2.45, 2.75) is 12.8 Å². The van der Waals surface area contributed by atoms with Crippen LogP contribution < -0.4 is 4.90 Å². The van der Waals surface area contributed by atoms with E-state index < -0.39 is 0 Å². The van der Waals surface area contributed by atoms with Crippen LogP contribution in [0.4, 0.5) is 5.82 Å². The molecule has 1 aliphatic heterocycles. The Hall–Kier alpha value is -0.900. The van der Waals surface area contributed by atoms with E-state index in [1.54, 1.807) is 6.20 Å². The maximum absolute atomic E-state index is 11.1. The van der Waals surface area contributed by atoms with Gasteiger partial charge in [-0.25, -0.2) is 4.98 Å². The number of halogens is 1. The van der Waals surface area contributed by atoms with Crippen LogP contribution in [0.2, 0.25) is 0 Å². The van der Waals surface area contributed by atoms with Crippen molar-refractivity contribution < 1.29 is 4.79 Å². The number of aromatic nitrogens is 1. The fourth-order valence-corrected chi connectivity index (χ4v) is 1.87. The average molecular weight is 255 g/mol. The van der Waals surface area contributed by atoms with Crippen LogP contribution in [0.3, 0.4) is 0 Å². The molecule has 1 aromatic heterocycles. The van der Waals surface area contributed by atoms with Crippen molar-refractivity contribution in [1.29, 1.82) is 0 Å². The molecule has 0 aliphatic carbocycles. The lowest BCUT2D eigenvalue weighted by atomic mass is 10.1. The number of carbonyl (C=O) groups excluding carboxylic acids is 1. The Bertz CT molecular complexity index is 344. The molecule has 4 heteroatoms. The van der Waals surface area contributed by atoms with E-state index in [1.165, 1.54) is 0 Å². The van der Waals surface area contributed by atoms with Crippen molar-refractivity contribution in [3.8, 4) is 0 Å². The summed E-state index contributed by atoms with van der Waals surface area (Å²) in [6.07, 6.45) is 3.07. The number of hydrogen-bond donors (Lipinski definition) is 0. The molecule has 2 rings (SSSR count). The number of ketones is 1. The van der Waals surface area contributed by atoms with Crippen LogP contribution in [0.1, 0.15) is 12.8 Å². The highest BCUT2D eigenvalue weighted by Gasteiger charge is 2.16. The van der Waals surface area contributed by atoms with E-state index >= 15 is 0 Å². The predicted octanol–water partition coefficient (Wildman–Crippen LogP) is 2.01. The summed E-state index contributed by atoms with van der Waals surface area (Å²) in [7, 11) is 0. The maximum Gasteiger partial charge on any atom is 0.136 e. The molecule has 14 heavy (non-hydrogen) atoms. The molecular weight excluding hydrogens is 244 g/mol. The summed E-state index contributed by atoms with van der Waals surface area (Å²) < 4.78 is 1.03. The van der Waals surface area contributed by atoms with Gasteiger partial charge in [0.1, 0.15) is 11.6 Å². The van der Waals surface area contributed by atoms with E-state index in [-0.39, 0.29) is 0 Å². The van der Waals surface area contributed by atoms with Gasteiger partial charge in [-0.05, 0) is 12.1 Å². The van der Waals surface area contributed by atoms with Gasteiger partial charge in [0.05, 0.1) is 0 Å². The van der Waals surface area contributed by atoms with Gasteiger partial charge < -0.3 is 4.90 Å². The zero-order chi connectivity index (χ0) is 9.97. The minimum Gasteiger partial charge on any atom is -0.356 e. The lowest BCUT2D eigenvalue weighted by Gasteiger charge is -2.26. The van der Waals surface area contributed by atoms with Gasteiger partial charge in [-0.2, -0.15) is 0 Å². The van der Waals surface area contributed by atoms with Crippen molar-refractivity contribution in [2.75, 3.05) is 18.0 Å². The molecule has 3 nitrogen and oxygen atoms in total. The molecule has 1 fully saturated rings. The van der Waals surface area contributed by atoms with E-state index in [0.717, 1.165) is 23.4 Å². The summed E-state index contributed by atoms with van der Waals surface area (Å²) in [5, 5.41) is 0. The molecule has 1 aromatic rings. The van der Waals surface area contributed by atoms with Crippen molar-refractivity contribution >= 4 is 27.5 Å². The zero-order valence-corrected chi connectivity index (χ0v) is 9.33. The number of piperidine rings is 1. The third kappa shape index (κ3) is 2.12. The Morgan fingerprint density at radius 2 is 2.07 bits per heavy atom. The van der Waals surface area contributed by atoms with Crippen LogP contribution >= 0.6 is 15.9 Å². The van der Waals surface area contributed by atoms with E-state index in [9.17, 15) is 4.79 Å². The number of Topliss-reactive ketones (excluding diaryl/α,β-unsaturated/α-hetero) is 1. The van der Waals surface area contributed by atoms with Gasteiger partial charge in [-0.15, -0.1) is 0 Å². The number of nitrogens with zero attached hydrogens (tertiary/aromatic N) is 2. The molecule has 2 heterocycles. The SMILES string of the molecule is O=C1CCN(c2cc(Br)ccn2)CC1. The van der Waals surface area contributed by atoms with E-state index in [4.69, 9.17) is 0 Å². The molecule has 0 saturated carbocycles. The average Bonchev–Trinajstić information content (AvgIpc) is 2.19. The van der Waals surface area contributed by atoms with Crippen molar-refractivity contribution in [3.05, 3.63) is 22.8 Å². The topological polar surface area (TPSA) is 33.2 Å². The zero-order valence-electron chi connectivity index (χ0n) is 7.74. The first-order valence-electron chi connectivity index (χ1n) is 4.64. The predicted molar refractivity (Wildman–Crippen MR) is 58.4 cm³/mol. The molecule has 0 bridgehead atoms. The molecular formula is C10H11BrN2O. The molecule has 0 aromatic carbocycles. The summed E-state index contributed by atoms with van der Waals surface area (Å²) >= 11 is 3.41. The quantitative estimate of drug-likeness (QED) is 0.769. The number of hydrogen-bond acceptors (Lipinski definition) is 3.